The molecule has 2 unspecified atom stereocenters. The molecule has 2 atom stereocenters. The summed E-state index contributed by atoms with van der Waals surface area (Å²) in [7, 11) is 1.61. The fourth-order valence-electron chi connectivity index (χ4n) is 2.88. The quantitative estimate of drug-likeness (QED) is 0.567. The second-order valence-corrected chi connectivity index (χ2v) is 7.42. The number of aliphatic carboxylic acids is 1. The Morgan fingerprint density at radius 1 is 1.10 bits per heavy atom. The molecule has 7 nitrogen and oxygen atoms in total. The second-order valence-electron chi connectivity index (χ2n) is 6.29. The standard InChI is InChI=1S/C21H25NO6S/c1-3-26-19-11-14(20-22-17(13-29-20)21(23)24)7-8-18(19)28-10-9-27-16-6-4-5-15(12-16)25-2/h4-8,11-12,17,20,22H,3,9-10,13H2,1-2H3,(H,23,24). The first-order valence-corrected chi connectivity index (χ1v) is 10.4. The van der Waals surface area contributed by atoms with E-state index in [0.29, 0.717) is 42.8 Å². The number of rotatable bonds is 10. The van der Waals surface area contributed by atoms with Gasteiger partial charge in [0.1, 0.15) is 30.8 Å². The minimum absolute atomic E-state index is 0.0826. The molecule has 0 aromatic heterocycles. The minimum Gasteiger partial charge on any atom is -0.497 e. The van der Waals surface area contributed by atoms with E-state index in [2.05, 4.69) is 5.32 Å². The number of methoxy groups -OCH3 is 1. The van der Waals surface area contributed by atoms with Crippen molar-refractivity contribution in [3.63, 3.8) is 0 Å². The monoisotopic (exact) mass is 419 g/mol. The molecule has 0 amide bonds. The molecule has 3 rings (SSSR count). The molecule has 2 aromatic carbocycles. The molecule has 29 heavy (non-hydrogen) atoms. The van der Waals surface area contributed by atoms with Crippen LogP contribution in [0, 0.1) is 0 Å². The summed E-state index contributed by atoms with van der Waals surface area (Å²) >= 11 is 1.57. The summed E-state index contributed by atoms with van der Waals surface area (Å²) in [5.74, 6) is 2.41. The molecule has 0 radical (unpaired) electrons. The van der Waals surface area contributed by atoms with Crippen molar-refractivity contribution in [3.8, 4) is 23.0 Å². The van der Waals surface area contributed by atoms with E-state index >= 15 is 0 Å². The van der Waals surface area contributed by atoms with Crippen LogP contribution < -0.4 is 24.3 Å². The number of hydrogen-bond donors (Lipinski definition) is 2. The lowest BCUT2D eigenvalue weighted by atomic mass is 10.2. The molecule has 1 saturated heterocycles. The molecule has 2 aromatic rings. The summed E-state index contributed by atoms with van der Waals surface area (Å²) in [5.41, 5.74) is 0.960. The predicted molar refractivity (Wildman–Crippen MR) is 111 cm³/mol. The Balaban J connectivity index is 1.58. The SMILES string of the molecule is CCOc1cc(C2NC(C(=O)O)CS2)ccc1OCCOc1cccc(OC)c1. The van der Waals surface area contributed by atoms with Gasteiger partial charge in [0.15, 0.2) is 11.5 Å². The second kappa shape index (κ2) is 10.3. The van der Waals surface area contributed by atoms with Gasteiger partial charge in [-0.05, 0) is 36.8 Å². The van der Waals surface area contributed by atoms with Crippen LogP contribution in [0.25, 0.3) is 0 Å². The summed E-state index contributed by atoms with van der Waals surface area (Å²) in [6.07, 6.45) is 0. The Morgan fingerprint density at radius 2 is 1.90 bits per heavy atom. The van der Waals surface area contributed by atoms with Crippen molar-refractivity contribution in [2.24, 2.45) is 0 Å². The normalized spacial score (nSPS) is 18.3. The molecule has 0 bridgehead atoms. The van der Waals surface area contributed by atoms with Crippen molar-refractivity contribution >= 4 is 17.7 Å². The van der Waals surface area contributed by atoms with E-state index in [1.165, 1.54) is 0 Å². The molecule has 2 N–H and O–H groups in total. The number of hydrogen-bond acceptors (Lipinski definition) is 7. The van der Waals surface area contributed by atoms with Crippen LogP contribution >= 0.6 is 11.8 Å². The molecule has 1 heterocycles. The molecule has 1 aliphatic rings. The molecule has 0 saturated carbocycles. The predicted octanol–water partition coefficient (Wildman–Crippen LogP) is 3.34. The van der Waals surface area contributed by atoms with Crippen LogP contribution in [-0.4, -0.2) is 49.8 Å². The average Bonchev–Trinajstić information content (AvgIpc) is 3.23. The highest BCUT2D eigenvalue weighted by atomic mass is 32.2. The Bertz CT molecular complexity index is 831. The van der Waals surface area contributed by atoms with Gasteiger partial charge in [0, 0.05) is 11.8 Å². The van der Waals surface area contributed by atoms with Gasteiger partial charge in [-0.25, -0.2) is 0 Å². The maximum atomic E-state index is 11.1. The maximum Gasteiger partial charge on any atom is 0.321 e. The van der Waals surface area contributed by atoms with E-state index < -0.39 is 12.0 Å². The number of carboxylic acid groups (broad SMARTS) is 1. The van der Waals surface area contributed by atoms with Gasteiger partial charge in [-0.3, -0.25) is 10.1 Å². The van der Waals surface area contributed by atoms with Crippen LogP contribution in [-0.2, 0) is 4.79 Å². The number of carboxylic acids is 1. The molecule has 1 aliphatic heterocycles. The highest BCUT2D eigenvalue weighted by Gasteiger charge is 2.30. The Labute approximate surface area is 174 Å². The van der Waals surface area contributed by atoms with Crippen molar-refractivity contribution in [1.82, 2.24) is 5.32 Å². The smallest absolute Gasteiger partial charge is 0.321 e. The Morgan fingerprint density at radius 3 is 2.62 bits per heavy atom. The maximum absolute atomic E-state index is 11.1. The summed E-state index contributed by atoms with van der Waals surface area (Å²) < 4.78 is 22.4. The minimum atomic E-state index is -0.832. The Hall–Kier alpha value is -2.58. The zero-order chi connectivity index (χ0) is 20.6. The van der Waals surface area contributed by atoms with Crippen molar-refractivity contribution < 1.29 is 28.8 Å². The van der Waals surface area contributed by atoms with Gasteiger partial charge in [-0.2, -0.15) is 0 Å². The van der Waals surface area contributed by atoms with Crippen molar-refractivity contribution in [2.45, 2.75) is 18.3 Å². The molecule has 0 aliphatic carbocycles. The molecule has 1 fully saturated rings. The molecular weight excluding hydrogens is 394 g/mol. The third-order valence-corrected chi connectivity index (χ3v) is 5.57. The fraction of sp³-hybridized carbons (Fsp3) is 0.381. The molecule has 8 heteroatoms. The van der Waals surface area contributed by atoms with Crippen LogP contribution in [0.4, 0.5) is 0 Å². The fourth-order valence-corrected chi connectivity index (χ4v) is 4.11. The summed E-state index contributed by atoms with van der Waals surface area (Å²) in [6, 6.07) is 12.5. The lowest BCUT2D eigenvalue weighted by molar-refractivity contribution is -0.138. The van der Waals surface area contributed by atoms with E-state index in [9.17, 15) is 4.79 Å². The average molecular weight is 419 g/mol. The van der Waals surface area contributed by atoms with Crippen molar-refractivity contribution in [3.05, 3.63) is 48.0 Å². The third kappa shape index (κ3) is 5.71. The zero-order valence-corrected chi connectivity index (χ0v) is 17.2. The van der Waals surface area contributed by atoms with Crippen LogP contribution in [0.2, 0.25) is 0 Å². The first-order valence-electron chi connectivity index (χ1n) is 9.37. The lowest BCUT2D eigenvalue weighted by Crippen LogP contribution is -2.33. The van der Waals surface area contributed by atoms with Crippen molar-refractivity contribution in [2.75, 3.05) is 32.7 Å². The summed E-state index contributed by atoms with van der Waals surface area (Å²) in [6.45, 7) is 3.14. The van der Waals surface area contributed by atoms with E-state index in [0.717, 1.165) is 11.3 Å². The summed E-state index contributed by atoms with van der Waals surface area (Å²) in [4.78, 5) is 11.1. The number of carbonyl (C=O) groups is 1. The highest BCUT2D eigenvalue weighted by molar-refractivity contribution is 7.99. The van der Waals surface area contributed by atoms with Gasteiger partial charge >= 0.3 is 5.97 Å². The lowest BCUT2D eigenvalue weighted by Gasteiger charge is -2.16. The first-order chi connectivity index (χ1) is 14.1. The molecule has 156 valence electrons. The zero-order valence-electron chi connectivity index (χ0n) is 16.4. The van der Waals surface area contributed by atoms with Crippen LogP contribution in [0.3, 0.4) is 0 Å². The number of benzene rings is 2. The van der Waals surface area contributed by atoms with E-state index in [1.807, 2.05) is 49.4 Å². The largest absolute Gasteiger partial charge is 0.497 e. The molecule has 0 spiro atoms. The first kappa shape index (κ1) is 21.1. The van der Waals surface area contributed by atoms with Gasteiger partial charge in [0.25, 0.3) is 0 Å². The van der Waals surface area contributed by atoms with E-state index in [4.69, 9.17) is 24.1 Å². The van der Waals surface area contributed by atoms with E-state index in [-0.39, 0.29) is 5.37 Å². The van der Waals surface area contributed by atoms with Gasteiger partial charge in [0.05, 0.1) is 19.1 Å². The highest BCUT2D eigenvalue weighted by Crippen LogP contribution is 2.37. The van der Waals surface area contributed by atoms with Crippen LogP contribution in [0.5, 0.6) is 23.0 Å². The van der Waals surface area contributed by atoms with Gasteiger partial charge in [0.2, 0.25) is 0 Å². The van der Waals surface area contributed by atoms with Crippen LogP contribution in [0.1, 0.15) is 17.9 Å². The summed E-state index contributed by atoms with van der Waals surface area (Å²) in [5, 5.41) is 12.2. The van der Waals surface area contributed by atoms with Gasteiger partial charge < -0.3 is 24.1 Å². The number of ether oxygens (including phenoxy) is 4. The van der Waals surface area contributed by atoms with Crippen LogP contribution in [0.15, 0.2) is 42.5 Å². The number of nitrogens with one attached hydrogen (secondary N) is 1. The topological polar surface area (TPSA) is 86.3 Å². The van der Waals surface area contributed by atoms with Gasteiger partial charge in [-0.15, -0.1) is 11.8 Å². The number of thioether (sulfide) groups is 1. The van der Waals surface area contributed by atoms with E-state index in [1.54, 1.807) is 18.9 Å². The Kier molecular flexibility index (Phi) is 7.48. The van der Waals surface area contributed by atoms with Crippen molar-refractivity contribution in [1.29, 1.82) is 0 Å². The van der Waals surface area contributed by atoms with Gasteiger partial charge in [-0.1, -0.05) is 12.1 Å². The molecular formula is C21H25NO6S. The third-order valence-electron chi connectivity index (χ3n) is 4.30.